The van der Waals surface area contributed by atoms with Gasteiger partial charge in [-0.1, -0.05) is 37.3 Å². The number of hydrogen-bond acceptors (Lipinski definition) is 9. The molecule has 56 heavy (non-hydrogen) atoms. The van der Waals surface area contributed by atoms with Crippen LogP contribution in [0.5, 0.6) is 0 Å². The van der Waals surface area contributed by atoms with Gasteiger partial charge in [-0.2, -0.15) is 5.10 Å². The predicted molar refractivity (Wildman–Crippen MR) is 203 cm³/mol. The molecule has 17 heteroatoms. The largest absolute Gasteiger partial charge is 0.461 e. The van der Waals surface area contributed by atoms with Crippen molar-refractivity contribution in [2.24, 2.45) is 5.92 Å². The van der Waals surface area contributed by atoms with Crippen molar-refractivity contribution in [1.29, 1.82) is 0 Å². The minimum atomic E-state index is -1.44. The van der Waals surface area contributed by atoms with Crippen LogP contribution >= 0.6 is 0 Å². The van der Waals surface area contributed by atoms with E-state index in [0.717, 1.165) is 11.3 Å². The first-order chi connectivity index (χ1) is 26.8. The molecule has 0 saturated carbocycles. The number of ether oxygens (including phenoxy) is 1. The Kier molecular flexibility index (Phi) is 12.6. The number of anilines is 1. The molecule has 302 valence electrons. The van der Waals surface area contributed by atoms with Crippen molar-refractivity contribution in [2.75, 3.05) is 31.6 Å². The average Bonchev–Trinajstić information content (AvgIpc) is 3.93. The minimum absolute atomic E-state index is 0.0500. The second-order valence-electron chi connectivity index (χ2n) is 15.3. The lowest BCUT2D eigenvalue weighted by Gasteiger charge is -2.39. The predicted octanol–water partition coefficient (Wildman–Crippen LogP) is 1.10. The molecule has 0 radical (unpaired) electrons. The minimum Gasteiger partial charge on any atom is -0.461 e. The van der Waals surface area contributed by atoms with Crippen LogP contribution in [-0.4, -0.2) is 129 Å². The molecular formula is C39H53N9O8. The Labute approximate surface area is 326 Å². The van der Waals surface area contributed by atoms with Crippen LogP contribution in [0.25, 0.3) is 0 Å². The van der Waals surface area contributed by atoms with E-state index in [-0.39, 0.29) is 25.4 Å². The number of rotatable bonds is 7. The van der Waals surface area contributed by atoms with Crippen LogP contribution in [0.4, 0.5) is 10.6 Å². The number of fused-ring (bicyclic) bond motifs is 3. The summed E-state index contributed by atoms with van der Waals surface area (Å²) in [6.45, 7) is 8.03. The normalized spacial score (nSPS) is 26.8. The topological polar surface area (TPSA) is 204 Å². The highest BCUT2D eigenvalue weighted by Crippen LogP contribution is 2.28. The number of carbonyl (C=O) groups excluding carboxylic acids is 7. The van der Waals surface area contributed by atoms with Crippen molar-refractivity contribution >= 4 is 47.4 Å². The zero-order valence-corrected chi connectivity index (χ0v) is 32.5. The lowest BCUT2D eigenvalue weighted by Crippen LogP contribution is -2.62. The number of amides is 7. The molecule has 5 heterocycles. The van der Waals surface area contributed by atoms with Gasteiger partial charge in [0.05, 0.1) is 0 Å². The summed E-state index contributed by atoms with van der Waals surface area (Å²) in [6.07, 6.45) is 2.99. The van der Waals surface area contributed by atoms with E-state index in [9.17, 15) is 33.6 Å². The summed E-state index contributed by atoms with van der Waals surface area (Å²) in [5.41, 5.74) is 1.57. The number of hydrogen-bond donors (Lipinski definition) is 4. The molecule has 1 aromatic heterocycles. The molecule has 0 aliphatic carbocycles. The Morgan fingerprint density at radius 1 is 0.911 bits per heavy atom. The van der Waals surface area contributed by atoms with E-state index < -0.39 is 84.4 Å². The molecule has 7 atom stereocenters. The van der Waals surface area contributed by atoms with Crippen LogP contribution in [0.3, 0.4) is 0 Å². The van der Waals surface area contributed by atoms with Crippen molar-refractivity contribution in [3.8, 4) is 0 Å². The van der Waals surface area contributed by atoms with E-state index in [1.54, 1.807) is 41.9 Å². The lowest BCUT2D eigenvalue weighted by atomic mass is 9.99. The number of cyclic esters (lactones) is 1. The van der Waals surface area contributed by atoms with Gasteiger partial charge < -0.3 is 35.4 Å². The first-order valence-electron chi connectivity index (χ1n) is 19.7. The van der Waals surface area contributed by atoms with Crippen LogP contribution in [0, 0.1) is 12.8 Å². The van der Waals surface area contributed by atoms with E-state index in [1.807, 2.05) is 26.8 Å². The summed E-state index contributed by atoms with van der Waals surface area (Å²) in [5, 5.41) is 15.3. The molecule has 2 aromatic rings. The van der Waals surface area contributed by atoms with Crippen LogP contribution in [0.2, 0.25) is 0 Å². The van der Waals surface area contributed by atoms with Crippen LogP contribution in [-0.2, 0) is 46.5 Å². The summed E-state index contributed by atoms with van der Waals surface area (Å²) in [7, 11) is 0. The van der Waals surface area contributed by atoms with Crippen LogP contribution in [0.1, 0.15) is 70.6 Å². The van der Waals surface area contributed by atoms with Gasteiger partial charge in [0.15, 0.2) is 5.82 Å². The van der Waals surface area contributed by atoms with Crippen molar-refractivity contribution in [3.63, 3.8) is 0 Å². The summed E-state index contributed by atoms with van der Waals surface area (Å²) in [6, 6.07) is 3.71. The van der Waals surface area contributed by atoms with Crippen LogP contribution < -0.4 is 21.3 Å². The number of nitrogens with zero attached hydrogens (tertiary/aromatic N) is 5. The van der Waals surface area contributed by atoms with Crippen LogP contribution in [0.15, 0.2) is 36.4 Å². The van der Waals surface area contributed by atoms with E-state index in [4.69, 9.17) is 4.74 Å². The maximum absolute atomic E-state index is 14.5. The van der Waals surface area contributed by atoms with Gasteiger partial charge in [0, 0.05) is 44.4 Å². The highest BCUT2D eigenvalue weighted by molar-refractivity contribution is 5.98. The molecule has 7 unspecified atom stereocenters. The first kappa shape index (κ1) is 40.2. The lowest BCUT2D eigenvalue weighted by molar-refractivity contribution is -0.158. The molecule has 0 spiro atoms. The Morgan fingerprint density at radius 3 is 2.36 bits per heavy atom. The fourth-order valence-corrected chi connectivity index (χ4v) is 8.25. The zero-order valence-electron chi connectivity index (χ0n) is 32.5. The van der Waals surface area contributed by atoms with Crippen molar-refractivity contribution in [2.45, 2.75) is 115 Å². The van der Waals surface area contributed by atoms with Crippen molar-refractivity contribution in [3.05, 3.63) is 47.7 Å². The fourth-order valence-electron chi connectivity index (χ4n) is 8.25. The van der Waals surface area contributed by atoms with E-state index in [1.165, 1.54) is 14.7 Å². The molecule has 4 aliphatic rings. The third-order valence-electron chi connectivity index (χ3n) is 11.1. The number of benzene rings is 1. The molecule has 4 N–H and O–H groups in total. The molecular weight excluding hydrogens is 722 g/mol. The molecule has 17 nitrogen and oxygen atoms in total. The second kappa shape index (κ2) is 17.5. The van der Waals surface area contributed by atoms with Gasteiger partial charge in [-0.15, -0.1) is 0 Å². The number of carbonyl (C=O) groups is 7. The van der Waals surface area contributed by atoms with E-state index >= 15 is 0 Å². The Balaban J connectivity index is 1.29. The van der Waals surface area contributed by atoms with Gasteiger partial charge in [-0.3, -0.25) is 34.0 Å². The van der Waals surface area contributed by atoms with E-state index in [2.05, 4.69) is 26.4 Å². The first-order valence-corrected chi connectivity index (χ1v) is 19.7. The summed E-state index contributed by atoms with van der Waals surface area (Å²) >= 11 is 0. The quantitative estimate of drug-likeness (QED) is 0.297. The number of urea groups is 1. The number of piperidine rings is 1. The second-order valence-corrected chi connectivity index (χ2v) is 15.3. The van der Waals surface area contributed by atoms with Gasteiger partial charge in [0.1, 0.15) is 42.9 Å². The fraction of sp³-hybridized carbons (Fsp3) is 0.590. The smallest absolute Gasteiger partial charge is 0.328 e. The molecule has 4 saturated heterocycles. The molecule has 4 aliphatic heterocycles. The summed E-state index contributed by atoms with van der Waals surface area (Å²) < 4.78 is 7.46. The summed E-state index contributed by atoms with van der Waals surface area (Å²) in [4.78, 5) is 102. The van der Waals surface area contributed by atoms with Gasteiger partial charge in [-0.05, 0) is 70.8 Å². The monoisotopic (exact) mass is 775 g/mol. The number of nitrogens with one attached hydrogen (secondary N) is 4. The molecule has 6 rings (SSSR count). The molecule has 1 aromatic carbocycles. The maximum atomic E-state index is 14.5. The average molecular weight is 776 g/mol. The van der Waals surface area contributed by atoms with Crippen molar-refractivity contribution < 1.29 is 38.3 Å². The molecule has 4 fully saturated rings. The van der Waals surface area contributed by atoms with Gasteiger partial charge in [0.2, 0.25) is 29.5 Å². The number of esters is 1. The van der Waals surface area contributed by atoms with E-state index in [0.29, 0.717) is 57.4 Å². The summed E-state index contributed by atoms with van der Waals surface area (Å²) in [5.74, 6) is -3.19. The Hall–Kier alpha value is -5.48. The van der Waals surface area contributed by atoms with Gasteiger partial charge in [0.25, 0.3) is 0 Å². The van der Waals surface area contributed by atoms with Gasteiger partial charge >= 0.3 is 12.0 Å². The SMILES string of the molecule is CCn1nc(NC(=O)NC(Cc2ccccc2)C(=O)NC2COC(=O)C3CC(C)CN3C(=O)C(C)NC(=O)C3CCCCN3C(=O)C3CCCN3C2=O)cc1C. The Morgan fingerprint density at radius 2 is 1.62 bits per heavy atom. The third-order valence-corrected chi connectivity index (χ3v) is 11.1. The highest BCUT2D eigenvalue weighted by Gasteiger charge is 2.46. The zero-order chi connectivity index (χ0) is 40.1. The standard InChI is InChI=1S/C39H53N9O8/c1-5-48-24(3)19-32(44-48)43-39(55)42-27(20-26-12-7-6-8-13-26)33(49)41-28-22-56-38(54)31-18-23(2)21-47(31)35(51)25(4)40-34(50)29-14-9-10-16-45(29)37(53)30-15-11-17-46(30)36(28)52/h6-8,12-13,19,23,25,27-31H,5,9-11,14-18,20-22H2,1-4H3,(H,40,50)(H,41,49)(H2,42,43,44,55). The Bertz CT molecular complexity index is 1820. The third kappa shape index (κ3) is 8.97. The molecule has 7 amide bonds. The number of aryl methyl sites for hydroxylation is 2. The van der Waals surface area contributed by atoms with Crippen molar-refractivity contribution in [1.82, 2.24) is 40.4 Å². The van der Waals surface area contributed by atoms with Gasteiger partial charge in [-0.25, -0.2) is 9.59 Å². The number of aromatic nitrogens is 2. The molecule has 0 bridgehead atoms. The maximum Gasteiger partial charge on any atom is 0.328 e. The highest BCUT2D eigenvalue weighted by atomic mass is 16.5.